The number of ether oxygens (including phenoxy) is 1. The highest BCUT2D eigenvalue weighted by molar-refractivity contribution is 7.99. The van der Waals surface area contributed by atoms with E-state index in [1.165, 1.54) is 17.9 Å². The number of fused-ring (bicyclic) bond motifs is 3. The third-order valence-electron chi connectivity index (χ3n) is 3.64. The van der Waals surface area contributed by atoms with E-state index in [0.717, 1.165) is 38.4 Å². The summed E-state index contributed by atoms with van der Waals surface area (Å²) in [5.74, 6) is 2.65. The Morgan fingerprint density at radius 1 is 1.43 bits per heavy atom. The fourth-order valence-corrected chi connectivity index (χ4v) is 4.11. The molecule has 0 aromatic carbocycles. The minimum absolute atomic E-state index is 0.642. The first-order valence-electron chi connectivity index (χ1n) is 5.60. The molecule has 0 radical (unpaired) electrons. The van der Waals surface area contributed by atoms with Gasteiger partial charge in [-0.2, -0.15) is 11.8 Å². The van der Waals surface area contributed by atoms with Crippen LogP contribution in [0, 0.1) is 0 Å². The number of hydrogen-bond donors (Lipinski definition) is 1. The third kappa shape index (κ3) is 1.58. The standard InChI is InChI=1S/C10H18N2OS/c1-4-14-7-10-9(1)11-5-8-6-13-3-2-12(8)10/h8-11H,1-7H2. The summed E-state index contributed by atoms with van der Waals surface area (Å²) < 4.78 is 5.53. The van der Waals surface area contributed by atoms with Crippen molar-refractivity contribution in [2.45, 2.75) is 24.5 Å². The Hall–Kier alpha value is 0.230. The third-order valence-corrected chi connectivity index (χ3v) is 4.74. The number of rotatable bonds is 0. The molecule has 3 aliphatic heterocycles. The second-order valence-corrected chi connectivity index (χ2v) is 5.56. The lowest BCUT2D eigenvalue weighted by Gasteiger charge is -2.50. The lowest BCUT2D eigenvalue weighted by atomic mass is 9.98. The van der Waals surface area contributed by atoms with Gasteiger partial charge in [0.15, 0.2) is 0 Å². The topological polar surface area (TPSA) is 24.5 Å². The molecule has 0 saturated carbocycles. The van der Waals surface area contributed by atoms with Crippen molar-refractivity contribution in [3.63, 3.8) is 0 Å². The minimum Gasteiger partial charge on any atom is -0.378 e. The van der Waals surface area contributed by atoms with Crippen LogP contribution in [0.5, 0.6) is 0 Å². The minimum atomic E-state index is 0.642. The molecule has 3 rings (SSSR count). The highest BCUT2D eigenvalue weighted by Crippen LogP contribution is 2.27. The molecule has 3 unspecified atom stereocenters. The van der Waals surface area contributed by atoms with Crippen LogP contribution in [0.3, 0.4) is 0 Å². The zero-order valence-corrected chi connectivity index (χ0v) is 9.26. The molecule has 0 spiro atoms. The van der Waals surface area contributed by atoms with Crippen molar-refractivity contribution in [2.75, 3.05) is 37.8 Å². The van der Waals surface area contributed by atoms with Crippen LogP contribution in [-0.4, -0.2) is 60.8 Å². The maximum absolute atomic E-state index is 5.53. The van der Waals surface area contributed by atoms with Crippen LogP contribution in [0.1, 0.15) is 6.42 Å². The van der Waals surface area contributed by atoms with Crippen LogP contribution >= 0.6 is 11.8 Å². The van der Waals surface area contributed by atoms with Gasteiger partial charge in [0.1, 0.15) is 0 Å². The van der Waals surface area contributed by atoms with Crippen molar-refractivity contribution < 1.29 is 4.74 Å². The predicted octanol–water partition coefficient (Wildman–Crippen LogP) is 0.165. The Bertz CT molecular complexity index is 192. The molecule has 3 saturated heterocycles. The molecule has 4 heteroatoms. The van der Waals surface area contributed by atoms with Gasteiger partial charge in [0.05, 0.1) is 13.2 Å². The molecule has 80 valence electrons. The average molecular weight is 214 g/mol. The smallest absolute Gasteiger partial charge is 0.0635 e. The van der Waals surface area contributed by atoms with E-state index < -0.39 is 0 Å². The maximum atomic E-state index is 5.53. The highest BCUT2D eigenvalue weighted by atomic mass is 32.2. The molecule has 0 bridgehead atoms. The van der Waals surface area contributed by atoms with Gasteiger partial charge in [-0.25, -0.2) is 0 Å². The number of morpholine rings is 1. The molecule has 0 aromatic rings. The van der Waals surface area contributed by atoms with E-state index in [1.807, 2.05) is 0 Å². The number of piperazine rings is 1. The van der Waals surface area contributed by atoms with E-state index in [2.05, 4.69) is 22.0 Å². The number of thioether (sulfide) groups is 1. The average Bonchev–Trinajstić information content (AvgIpc) is 2.29. The van der Waals surface area contributed by atoms with Crippen molar-refractivity contribution in [1.82, 2.24) is 10.2 Å². The molecule has 3 nitrogen and oxygen atoms in total. The normalized spacial score (nSPS) is 44.1. The summed E-state index contributed by atoms with van der Waals surface area (Å²) in [6, 6.07) is 2.17. The first-order valence-corrected chi connectivity index (χ1v) is 6.75. The highest BCUT2D eigenvalue weighted by Gasteiger charge is 2.39. The summed E-state index contributed by atoms with van der Waals surface area (Å²) in [5, 5.41) is 3.69. The summed E-state index contributed by atoms with van der Waals surface area (Å²) in [5.41, 5.74) is 0. The molecule has 14 heavy (non-hydrogen) atoms. The first kappa shape index (κ1) is 9.46. The molecule has 0 amide bonds. The van der Waals surface area contributed by atoms with Crippen LogP contribution in [0.4, 0.5) is 0 Å². The number of nitrogens with zero attached hydrogens (tertiary/aromatic N) is 1. The summed E-state index contributed by atoms with van der Waals surface area (Å²) in [6.45, 7) is 4.14. The summed E-state index contributed by atoms with van der Waals surface area (Å²) in [4.78, 5) is 2.69. The van der Waals surface area contributed by atoms with Gasteiger partial charge in [0.2, 0.25) is 0 Å². The van der Waals surface area contributed by atoms with Crippen LogP contribution in [-0.2, 0) is 4.74 Å². The lowest BCUT2D eigenvalue weighted by molar-refractivity contribution is -0.0501. The van der Waals surface area contributed by atoms with E-state index in [-0.39, 0.29) is 0 Å². The van der Waals surface area contributed by atoms with Crippen molar-refractivity contribution in [3.05, 3.63) is 0 Å². The Morgan fingerprint density at radius 2 is 2.43 bits per heavy atom. The van der Waals surface area contributed by atoms with Gasteiger partial charge in [-0.05, 0) is 12.2 Å². The fraction of sp³-hybridized carbons (Fsp3) is 1.00. The molecule has 1 N–H and O–H groups in total. The molecule has 0 aliphatic carbocycles. The Morgan fingerprint density at radius 3 is 3.43 bits per heavy atom. The van der Waals surface area contributed by atoms with Crippen LogP contribution < -0.4 is 5.32 Å². The van der Waals surface area contributed by atoms with Gasteiger partial charge >= 0.3 is 0 Å². The van der Waals surface area contributed by atoms with Gasteiger partial charge in [-0.1, -0.05) is 0 Å². The van der Waals surface area contributed by atoms with Crippen molar-refractivity contribution >= 4 is 11.8 Å². The molecule has 3 fully saturated rings. The Labute approximate surface area is 89.6 Å². The SMILES string of the molecule is C1CN2C(CNC3CCSCC32)CO1. The van der Waals surface area contributed by atoms with E-state index >= 15 is 0 Å². The van der Waals surface area contributed by atoms with Crippen molar-refractivity contribution in [1.29, 1.82) is 0 Å². The van der Waals surface area contributed by atoms with Gasteiger partial charge < -0.3 is 10.1 Å². The van der Waals surface area contributed by atoms with Crippen molar-refractivity contribution in [3.8, 4) is 0 Å². The number of nitrogens with one attached hydrogen (secondary N) is 1. The predicted molar refractivity (Wildman–Crippen MR) is 58.8 cm³/mol. The molecule has 3 heterocycles. The lowest BCUT2D eigenvalue weighted by Crippen LogP contribution is -2.67. The summed E-state index contributed by atoms with van der Waals surface area (Å²) in [6.07, 6.45) is 1.35. The molecule has 0 aromatic heterocycles. The molecule has 3 atom stereocenters. The summed E-state index contributed by atoms with van der Waals surface area (Å²) in [7, 11) is 0. The molecular weight excluding hydrogens is 196 g/mol. The first-order chi connectivity index (χ1) is 6.95. The van der Waals surface area contributed by atoms with Gasteiger partial charge in [-0.15, -0.1) is 0 Å². The second kappa shape index (κ2) is 4.00. The largest absolute Gasteiger partial charge is 0.378 e. The Balaban J connectivity index is 1.74. The van der Waals surface area contributed by atoms with Gasteiger partial charge in [-0.3, -0.25) is 4.90 Å². The van der Waals surface area contributed by atoms with Crippen LogP contribution in [0.2, 0.25) is 0 Å². The monoisotopic (exact) mass is 214 g/mol. The van der Waals surface area contributed by atoms with Crippen molar-refractivity contribution in [2.24, 2.45) is 0 Å². The zero-order valence-electron chi connectivity index (χ0n) is 8.45. The van der Waals surface area contributed by atoms with Gasteiger partial charge in [0, 0.05) is 37.0 Å². The van der Waals surface area contributed by atoms with E-state index in [0.29, 0.717) is 6.04 Å². The Kier molecular flexibility index (Phi) is 2.70. The summed E-state index contributed by atoms with van der Waals surface area (Å²) >= 11 is 2.11. The fourth-order valence-electron chi connectivity index (χ4n) is 2.86. The van der Waals surface area contributed by atoms with E-state index in [1.54, 1.807) is 0 Å². The van der Waals surface area contributed by atoms with Gasteiger partial charge in [0.25, 0.3) is 0 Å². The molecule has 3 aliphatic rings. The van der Waals surface area contributed by atoms with Crippen LogP contribution in [0.15, 0.2) is 0 Å². The quantitative estimate of drug-likeness (QED) is 0.621. The van der Waals surface area contributed by atoms with E-state index in [4.69, 9.17) is 4.74 Å². The van der Waals surface area contributed by atoms with E-state index in [9.17, 15) is 0 Å². The molecular formula is C10H18N2OS. The van der Waals surface area contributed by atoms with Crippen LogP contribution in [0.25, 0.3) is 0 Å². The zero-order chi connectivity index (χ0) is 9.38. The number of hydrogen-bond acceptors (Lipinski definition) is 4. The second-order valence-electron chi connectivity index (χ2n) is 4.41. The maximum Gasteiger partial charge on any atom is 0.0635 e.